The molecule has 0 aliphatic rings. The summed E-state index contributed by atoms with van der Waals surface area (Å²) in [7, 11) is 1.53. The molecule has 0 heterocycles. The fourth-order valence-corrected chi connectivity index (χ4v) is 2.38. The van der Waals surface area contributed by atoms with Crippen molar-refractivity contribution in [3.05, 3.63) is 28.2 Å². The highest BCUT2D eigenvalue weighted by Crippen LogP contribution is 2.24. The normalized spacial score (nSPS) is 11.8. The molecule has 1 aromatic carbocycles. The summed E-state index contributed by atoms with van der Waals surface area (Å²) in [6.07, 6.45) is -0.0822. The Labute approximate surface area is 126 Å². The van der Waals surface area contributed by atoms with Crippen LogP contribution in [0.25, 0.3) is 0 Å². The van der Waals surface area contributed by atoms with E-state index >= 15 is 0 Å². The van der Waals surface area contributed by atoms with Gasteiger partial charge in [0, 0.05) is 17.1 Å². The van der Waals surface area contributed by atoms with Crippen molar-refractivity contribution < 1.29 is 19.4 Å². The minimum atomic E-state index is -0.923. The third kappa shape index (κ3) is 3.96. The largest absolute Gasteiger partial charge is 0.497 e. The zero-order valence-corrected chi connectivity index (χ0v) is 13.3. The maximum Gasteiger partial charge on any atom is 0.305 e. The van der Waals surface area contributed by atoms with Gasteiger partial charge in [0.05, 0.1) is 19.1 Å². The van der Waals surface area contributed by atoms with E-state index in [-0.39, 0.29) is 18.4 Å². The lowest BCUT2D eigenvalue weighted by Gasteiger charge is -2.27. The van der Waals surface area contributed by atoms with Crippen LogP contribution in [0.15, 0.2) is 22.7 Å². The molecule has 110 valence electrons. The average molecular weight is 344 g/mol. The van der Waals surface area contributed by atoms with Gasteiger partial charge in [-0.3, -0.25) is 9.59 Å². The molecule has 0 saturated heterocycles. The molecule has 0 spiro atoms. The summed E-state index contributed by atoms with van der Waals surface area (Å²) in [5.74, 6) is -0.557. The number of halogens is 1. The Morgan fingerprint density at radius 2 is 2.10 bits per heavy atom. The predicted octanol–water partition coefficient (Wildman–Crippen LogP) is 2.78. The van der Waals surface area contributed by atoms with Crippen molar-refractivity contribution in [1.29, 1.82) is 0 Å². The highest BCUT2D eigenvalue weighted by atomic mass is 79.9. The summed E-state index contributed by atoms with van der Waals surface area (Å²) in [6.45, 7) is 3.99. The molecule has 0 fully saturated rings. The minimum absolute atomic E-state index is 0.0822. The Bertz CT molecular complexity index is 504. The van der Waals surface area contributed by atoms with E-state index in [0.29, 0.717) is 22.3 Å². The van der Waals surface area contributed by atoms with Gasteiger partial charge in [-0.05, 0) is 48.0 Å². The Kier molecular flexibility index (Phi) is 6.01. The molecular weight excluding hydrogens is 326 g/mol. The Morgan fingerprint density at radius 1 is 1.45 bits per heavy atom. The van der Waals surface area contributed by atoms with E-state index in [1.165, 1.54) is 12.0 Å². The van der Waals surface area contributed by atoms with E-state index in [9.17, 15) is 9.59 Å². The molecule has 1 aromatic rings. The molecule has 0 bridgehead atoms. The zero-order valence-electron chi connectivity index (χ0n) is 11.7. The van der Waals surface area contributed by atoms with Crippen LogP contribution in [0.3, 0.4) is 0 Å². The van der Waals surface area contributed by atoms with Crippen molar-refractivity contribution in [2.24, 2.45) is 0 Å². The van der Waals surface area contributed by atoms with Gasteiger partial charge in [0.25, 0.3) is 5.91 Å². The number of ether oxygens (including phenoxy) is 1. The van der Waals surface area contributed by atoms with Gasteiger partial charge in [-0.15, -0.1) is 0 Å². The summed E-state index contributed by atoms with van der Waals surface area (Å²) >= 11 is 3.34. The number of benzene rings is 1. The number of aliphatic carboxylic acids is 1. The van der Waals surface area contributed by atoms with Crippen LogP contribution in [0.4, 0.5) is 0 Å². The van der Waals surface area contributed by atoms with Crippen LogP contribution in [0.5, 0.6) is 5.75 Å². The number of nitrogens with zero attached hydrogens (tertiary/aromatic N) is 1. The highest BCUT2D eigenvalue weighted by Gasteiger charge is 2.23. The van der Waals surface area contributed by atoms with Crippen LogP contribution in [0.2, 0.25) is 0 Å². The van der Waals surface area contributed by atoms with Crippen LogP contribution in [0, 0.1) is 0 Å². The lowest BCUT2D eigenvalue weighted by Crippen LogP contribution is -2.39. The summed E-state index contributed by atoms with van der Waals surface area (Å²) in [6, 6.07) is 4.76. The SMILES string of the molecule is CCN(C(=O)c1cc(OC)ccc1Br)C(C)CC(=O)O. The number of rotatable bonds is 6. The number of carbonyl (C=O) groups excluding carboxylic acids is 1. The predicted molar refractivity (Wildman–Crippen MR) is 79.1 cm³/mol. The molecule has 1 unspecified atom stereocenters. The highest BCUT2D eigenvalue weighted by molar-refractivity contribution is 9.10. The molecule has 0 radical (unpaired) electrons. The van der Waals surface area contributed by atoms with Gasteiger partial charge in [-0.2, -0.15) is 0 Å². The summed E-state index contributed by atoms with van der Waals surface area (Å²) in [5, 5.41) is 8.85. The quantitative estimate of drug-likeness (QED) is 0.862. The number of carboxylic acid groups (broad SMARTS) is 1. The molecule has 0 aromatic heterocycles. The number of carbonyl (C=O) groups is 2. The van der Waals surface area contributed by atoms with E-state index in [0.717, 1.165) is 0 Å². The first-order valence-electron chi connectivity index (χ1n) is 6.27. The van der Waals surface area contributed by atoms with Crippen molar-refractivity contribution in [3.63, 3.8) is 0 Å². The second kappa shape index (κ2) is 7.28. The van der Waals surface area contributed by atoms with Gasteiger partial charge in [0.1, 0.15) is 5.75 Å². The monoisotopic (exact) mass is 343 g/mol. The number of carboxylic acids is 1. The van der Waals surface area contributed by atoms with Crippen molar-refractivity contribution in [1.82, 2.24) is 4.90 Å². The van der Waals surface area contributed by atoms with E-state index in [1.807, 2.05) is 6.92 Å². The smallest absolute Gasteiger partial charge is 0.305 e. The first-order chi connectivity index (χ1) is 9.40. The van der Waals surface area contributed by atoms with Crippen LogP contribution in [0.1, 0.15) is 30.6 Å². The van der Waals surface area contributed by atoms with Crippen LogP contribution in [-0.2, 0) is 4.79 Å². The summed E-state index contributed by atoms with van der Waals surface area (Å²) < 4.78 is 5.77. The second-order valence-corrected chi connectivity index (χ2v) is 5.24. The molecule has 6 heteroatoms. The third-order valence-electron chi connectivity index (χ3n) is 3.01. The molecule has 1 amide bonds. The molecule has 0 aliphatic carbocycles. The molecule has 5 nitrogen and oxygen atoms in total. The van der Waals surface area contributed by atoms with Gasteiger partial charge in [0.2, 0.25) is 0 Å². The number of hydrogen-bond donors (Lipinski definition) is 1. The van der Waals surface area contributed by atoms with Gasteiger partial charge >= 0.3 is 5.97 Å². The third-order valence-corrected chi connectivity index (χ3v) is 3.70. The number of amides is 1. The molecular formula is C14H18BrNO4. The molecule has 20 heavy (non-hydrogen) atoms. The summed E-state index contributed by atoms with van der Waals surface area (Å²) in [4.78, 5) is 24.9. The molecule has 0 saturated carbocycles. The van der Waals surface area contributed by atoms with Crippen LogP contribution in [-0.4, -0.2) is 41.6 Å². The average Bonchev–Trinajstić information content (AvgIpc) is 2.39. The second-order valence-electron chi connectivity index (χ2n) is 4.38. The maximum absolute atomic E-state index is 12.5. The zero-order chi connectivity index (χ0) is 15.3. The summed E-state index contributed by atoms with van der Waals surface area (Å²) in [5.41, 5.74) is 0.462. The fourth-order valence-electron chi connectivity index (χ4n) is 1.97. The van der Waals surface area contributed by atoms with Gasteiger partial charge in [-0.25, -0.2) is 0 Å². The van der Waals surface area contributed by atoms with Crippen molar-refractivity contribution in [2.45, 2.75) is 26.3 Å². The van der Waals surface area contributed by atoms with E-state index in [1.54, 1.807) is 25.1 Å². The van der Waals surface area contributed by atoms with E-state index in [4.69, 9.17) is 9.84 Å². The minimum Gasteiger partial charge on any atom is -0.497 e. The number of methoxy groups -OCH3 is 1. The Morgan fingerprint density at radius 3 is 2.60 bits per heavy atom. The fraction of sp³-hybridized carbons (Fsp3) is 0.429. The van der Waals surface area contributed by atoms with E-state index in [2.05, 4.69) is 15.9 Å². The van der Waals surface area contributed by atoms with E-state index < -0.39 is 5.97 Å². The standard InChI is InChI=1S/C14H18BrNO4/c1-4-16(9(2)7-13(17)18)14(19)11-8-10(20-3)5-6-12(11)15/h5-6,8-9H,4,7H2,1-3H3,(H,17,18). The number of hydrogen-bond acceptors (Lipinski definition) is 3. The van der Waals surface area contributed by atoms with Crippen LogP contribution >= 0.6 is 15.9 Å². The molecule has 1 N–H and O–H groups in total. The van der Waals surface area contributed by atoms with Crippen molar-refractivity contribution in [2.75, 3.05) is 13.7 Å². The van der Waals surface area contributed by atoms with Crippen molar-refractivity contribution >= 4 is 27.8 Å². The lowest BCUT2D eigenvalue weighted by molar-refractivity contribution is -0.138. The first kappa shape index (κ1) is 16.5. The van der Waals surface area contributed by atoms with Crippen molar-refractivity contribution in [3.8, 4) is 5.75 Å². The van der Waals surface area contributed by atoms with Gasteiger partial charge < -0.3 is 14.7 Å². The topological polar surface area (TPSA) is 66.8 Å². The van der Waals surface area contributed by atoms with Gasteiger partial charge in [-0.1, -0.05) is 0 Å². The lowest BCUT2D eigenvalue weighted by atomic mass is 10.1. The molecule has 0 aliphatic heterocycles. The maximum atomic E-state index is 12.5. The molecule has 1 atom stereocenters. The first-order valence-corrected chi connectivity index (χ1v) is 7.06. The van der Waals surface area contributed by atoms with Gasteiger partial charge in [0.15, 0.2) is 0 Å². The van der Waals surface area contributed by atoms with Crippen LogP contribution < -0.4 is 4.74 Å². The molecule has 1 rings (SSSR count). The Hall–Kier alpha value is -1.56. The Balaban J connectivity index is 3.04.